The first kappa shape index (κ1) is 13.1. The minimum Gasteiger partial charge on any atom is -0.347 e. The molecule has 2 N–H and O–H groups in total. The van der Waals surface area contributed by atoms with Crippen LogP contribution in [-0.2, 0) is 13.0 Å². The maximum absolute atomic E-state index is 12.2. The highest BCUT2D eigenvalue weighted by Gasteiger charge is 2.19. The molecule has 5 nitrogen and oxygen atoms in total. The molecule has 0 spiro atoms. The average Bonchev–Trinajstić information content (AvgIpc) is 2.83. The SMILES string of the molecule is CCc1cc(C(=O)NC2CCCNC2)n(CC)n1. The van der Waals surface area contributed by atoms with Crippen LogP contribution >= 0.6 is 0 Å². The molecular weight excluding hydrogens is 228 g/mol. The molecule has 0 bridgehead atoms. The van der Waals surface area contributed by atoms with Crippen LogP contribution in [0.15, 0.2) is 6.07 Å². The van der Waals surface area contributed by atoms with Gasteiger partial charge in [-0.2, -0.15) is 5.10 Å². The Balaban J connectivity index is 2.05. The molecule has 0 radical (unpaired) electrons. The number of amides is 1. The summed E-state index contributed by atoms with van der Waals surface area (Å²) in [5, 5.41) is 10.8. The van der Waals surface area contributed by atoms with Crippen molar-refractivity contribution in [3.63, 3.8) is 0 Å². The van der Waals surface area contributed by atoms with Gasteiger partial charge in [-0.25, -0.2) is 0 Å². The van der Waals surface area contributed by atoms with Crippen LogP contribution < -0.4 is 10.6 Å². The van der Waals surface area contributed by atoms with E-state index in [0.717, 1.165) is 44.6 Å². The first-order chi connectivity index (χ1) is 8.74. The van der Waals surface area contributed by atoms with Gasteiger partial charge in [-0.1, -0.05) is 6.92 Å². The van der Waals surface area contributed by atoms with Crippen molar-refractivity contribution in [3.05, 3.63) is 17.5 Å². The van der Waals surface area contributed by atoms with Crippen molar-refractivity contribution in [3.8, 4) is 0 Å². The van der Waals surface area contributed by atoms with Crippen LogP contribution in [0.1, 0.15) is 42.9 Å². The summed E-state index contributed by atoms with van der Waals surface area (Å²) in [6.07, 6.45) is 3.04. The second-order valence-electron chi connectivity index (χ2n) is 4.71. The number of piperidine rings is 1. The fraction of sp³-hybridized carbons (Fsp3) is 0.692. The molecule has 2 heterocycles. The largest absolute Gasteiger partial charge is 0.347 e. The van der Waals surface area contributed by atoms with E-state index in [1.807, 2.05) is 13.0 Å². The predicted octanol–water partition coefficient (Wildman–Crippen LogP) is 0.947. The summed E-state index contributed by atoms with van der Waals surface area (Å²) in [5.74, 6) is -0.00208. The van der Waals surface area contributed by atoms with Gasteiger partial charge in [-0.3, -0.25) is 9.48 Å². The lowest BCUT2D eigenvalue weighted by atomic mass is 10.1. The number of aryl methyl sites for hydroxylation is 2. The summed E-state index contributed by atoms with van der Waals surface area (Å²) in [6.45, 7) is 6.71. The quantitative estimate of drug-likeness (QED) is 0.836. The molecule has 1 atom stereocenters. The van der Waals surface area contributed by atoms with Crippen LogP contribution in [0, 0.1) is 0 Å². The van der Waals surface area contributed by atoms with E-state index in [9.17, 15) is 4.79 Å². The molecule has 1 aliphatic heterocycles. The Morgan fingerprint density at radius 2 is 2.44 bits per heavy atom. The van der Waals surface area contributed by atoms with Crippen molar-refractivity contribution >= 4 is 5.91 Å². The summed E-state index contributed by atoms with van der Waals surface area (Å²) >= 11 is 0. The number of carbonyl (C=O) groups excluding carboxylic acids is 1. The van der Waals surface area contributed by atoms with E-state index in [1.165, 1.54) is 0 Å². The monoisotopic (exact) mass is 250 g/mol. The van der Waals surface area contributed by atoms with E-state index < -0.39 is 0 Å². The fourth-order valence-electron chi connectivity index (χ4n) is 2.30. The third-order valence-corrected chi connectivity index (χ3v) is 3.36. The number of hydrogen-bond acceptors (Lipinski definition) is 3. The smallest absolute Gasteiger partial charge is 0.269 e. The summed E-state index contributed by atoms with van der Waals surface area (Å²) in [5.41, 5.74) is 1.66. The lowest BCUT2D eigenvalue weighted by molar-refractivity contribution is 0.0920. The highest BCUT2D eigenvalue weighted by atomic mass is 16.2. The van der Waals surface area contributed by atoms with Crippen molar-refractivity contribution in [1.82, 2.24) is 20.4 Å². The lowest BCUT2D eigenvalue weighted by Gasteiger charge is -2.23. The topological polar surface area (TPSA) is 59.0 Å². The summed E-state index contributed by atoms with van der Waals surface area (Å²) < 4.78 is 1.78. The molecule has 1 fully saturated rings. The van der Waals surface area contributed by atoms with E-state index in [0.29, 0.717) is 5.69 Å². The third kappa shape index (κ3) is 2.90. The molecule has 0 saturated carbocycles. The van der Waals surface area contributed by atoms with Gasteiger partial charge >= 0.3 is 0 Å². The zero-order valence-electron chi connectivity index (χ0n) is 11.2. The van der Waals surface area contributed by atoms with Crippen LogP contribution in [0.5, 0.6) is 0 Å². The van der Waals surface area contributed by atoms with Gasteiger partial charge in [0.2, 0.25) is 0 Å². The van der Waals surface area contributed by atoms with Gasteiger partial charge < -0.3 is 10.6 Å². The summed E-state index contributed by atoms with van der Waals surface area (Å²) in [7, 11) is 0. The van der Waals surface area contributed by atoms with Crippen molar-refractivity contribution in [1.29, 1.82) is 0 Å². The minimum atomic E-state index is -0.00208. The molecule has 1 unspecified atom stereocenters. The molecule has 1 aliphatic rings. The first-order valence-corrected chi connectivity index (χ1v) is 6.82. The third-order valence-electron chi connectivity index (χ3n) is 3.36. The predicted molar refractivity (Wildman–Crippen MR) is 70.6 cm³/mol. The van der Waals surface area contributed by atoms with E-state index in [1.54, 1.807) is 4.68 Å². The van der Waals surface area contributed by atoms with E-state index in [4.69, 9.17) is 0 Å². The molecule has 100 valence electrons. The number of carbonyl (C=O) groups is 1. The Morgan fingerprint density at radius 1 is 1.61 bits per heavy atom. The van der Waals surface area contributed by atoms with Gasteiger partial charge in [0.15, 0.2) is 0 Å². The zero-order chi connectivity index (χ0) is 13.0. The average molecular weight is 250 g/mol. The summed E-state index contributed by atoms with van der Waals surface area (Å²) in [4.78, 5) is 12.2. The van der Waals surface area contributed by atoms with Gasteiger partial charge in [0.05, 0.1) is 5.69 Å². The van der Waals surface area contributed by atoms with Crippen molar-refractivity contribution < 1.29 is 4.79 Å². The zero-order valence-corrected chi connectivity index (χ0v) is 11.2. The normalized spacial score (nSPS) is 19.8. The molecular formula is C13H22N4O. The van der Waals surface area contributed by atoms with Gasteiger partial charge in [0.25, 0.3) is 5.91 Å². The van der Waals surface area contributed by atoms with Crippen molar-refractivity contribution in [2.24, 2.45) is 0 Å². The Morgan fingerprint density at radius 3 is 3.06 bits per heavy atom. The standard InChI is InChI=1S/C13H22N4O/c1-3-10-8-12(17(4-2)16-10)13(18)15-11-6-5-7-14-9-11/h8,11,14H,3-7,9H2,1-2H3,(H,15,18). The van der Waals surface area contributed by atoms with E-state index in [2.05, 4.69) is 22.7 Å². The van der Waals surface area contributed by atoms with Crippen LogP contribution in [0.3, 0.4) is 0 Å². The van der Waals surface area contributed by atoms with E-state index in [-0.39, 0.29) is 11.9 Å². The number of aromatic nitrogens is 2. The summed E-state index contributed by atoms with van der Waals surface area (Å²) in [6, 6.07) is 2.14. The Bertz CT molecular complexity index is 407. The van der Waals surface area contributed by atoms with Crippen LogP contribution in [-0.4, -0.2) is 34.8 Å². The van der Waals surface area contributed by atoms with E-state index >= 15 is 0 Å². The van der Waals surface area contributed by atoms with Crippen LogP contribution in [0.25, 0.3) is 0 Å². The Labute approximate surface area is 108 Å². The maximum atomic E-state index is 12.2. The fourth-order valence-corrected chi connectivity index (χ4v) is 2.30. The Hall–Kier alpha value is -1.36. The molecule has 2 rings (SSSR count). The van der Waals surface area contributed by atoms with Crippen LogP contribution in [0.4, 0.5) is 0 Å². The second kappa shape index (κ2) is 6.00. The molecule has 1 saturated heterocycles. The molecule has 1 aromatic heterocycles. The first-order valence-electron chi connectivity index (χ1n) is 6.82. The number of nitrogens with one attached hydrogen (secondary N) is 2. The van der Waals surface area contributed by atoms with Gasteiger partial charge in [0.1, 0.15) is 5.69 Å². The highest BCUT2D eigenvalue weighted by Crippen LogP contribution is 2.08. The van der Waals surface area contributed by atoms with Gasteiger partial charge in [0, 0.05) is 19.1 Å². The number of nitrogens with zero attached hydrogens (tertiary/aromatic N) is 2. The second-order valence-corrected chi connectivity index (χ2v) is 4.71. The van der Waals surface area contributed by atoms with Gasteiger partial charge in [-0.05, 0) is 38.8 Å². The lowest BCUT2D eigenvalue weighted by Crippen LogP contribution is -2.46. The molecule has 0 aliphatic carbocycles. The molecule has 1 amide bonds. The minimum absolute atomic E-state index is 0.00208. The highest BCUT2D eigenvalue weighted by molar-refractivity contribution is 5.92. The molecule has 0 aromatic carbocycles. The Kier molecular flexibility index (Phi) is 4.36. The number of hydrogen-bond donors (Lipinski definition) is 2. The van der Waals surface area contributed by atoms with Gasteiger partial charge in [-0.15, -0.1) is 0 Å². The molecule has 18 heavy (non-hydrogen) atoms. The number of rotatable bonds is 4. The van der Waals surface area contributed by atoms with Crippen molar-refractivity contribution in [2.75, 3.05) is 13.1 Å². The van der Waals surface area contributed by atoms with Crippen molar-refractivity contribution in [2.45, 2.75) is 45.7 Å². The van der Waals surface area contributed by atoms with Crippen LogP contribution in [0.2, 0.25) is 0 Å². The maximum Gasteiger partial charge on any atom is 0.269 e. The molecule has 5 heteroatoms. The molecule has 1 aromatic rings.